The molecule has 3 aromatic rings. The normalized spacial score (nSPS) is 10.5. The largest absolute Gasteiger partial charge is 0.324 e. The first-order valence-electron chi connectivity index (χ1n) is 9.57. The molecule has 0 bridgehead atoms. The fourth-order valence-electron chi connectivity index (χ4n) is 3.37. The van der Waals surface area contributed by atoms with E-state index < -0.39 is 5.56 Å². The highest BCUT2D eigenvalue weighted by atomic mass is 16.2. The number of carbonyl (C=O) groups excluding carboxylic acids is 2. The van der Waals surface area contributed by atoms with Crippen LogP contribution in [0.25, 0.3) is 11.3 Å². The molecule has 1 aromatic heterocycles. The first-order valence-corrected chi connectivity index (χ1v) is 9.57. The van der Waals surface area contributed by atoms with E-state index in [1.165, 1.54) is 13.0 Å². The highest BCUT2D eigenvalue weighted by Crippen LogP contribution is 2.22. The second-order valence-electron chi connectivity index (χ2n) is 7.28. The van der Waals surface area contributed by atoms with Crippen LogP contribution in [0.2, 0.25) is 0 Å². The third-order valence-corrected chi connectivity index (χ3v) is 4.59. The molecule has 0 aliphatic heterocycles. The maximum Gasteiger partial charge on any atom is 0.291 e. The van der Waals surface area contributed by atoms with Crippen LogP contribution in [-0.2, 0) is 16.1 Å². The average molecular weight is 404 g/mol. The molecule has 0 aliphatic carbocycles. The van der Waals surface area contributed by atoms with Crippen LogP contribution < -0.4 is 16.2 Å². The van der Waals surface area contributed by atoms with Gasteiger partial charge in [0.1, 0.15) is 12.2 Å². The highest BCUT2D eigenvalue weighted by Gasteiger charge is 2.15. The number of hydrogen-bond donors (Lipinski definition) is 2. The SMILES string of the molecule is CC(=O)Nc1cc(-c2ccccc2)nn(CC(=O)Nc2c(C)cc(C)cc2C)c1=O. The van der Waals surface area contributed by atoms with Crippen molar-refractivity contribution in [2.75, 3.05) is 10.6 Å². The van der Waals surface area contributed by atoms with Gasteiger partial charge in [0.25, 0.3) is 5.56 Å². The number of nitrogens with zero attached hydrogens (tertiary/aromatic N) is 2. The van der Waals surface area contributed by atoms with Crippen molar-refractivity contribution in [3.05, 3.63) is 75.6 Å². The predicted molar refractivity (Wildman–Crippen MR) is 118 cm³/mol. The van der Waals surface area contributed by atoms with Crippen molar-refractivity contribution in [1.29, 1.82) is 0 Å². The van der Waals surface area contributed by atoms with Crippen LogP contribution in [0.5, 0.6) is 0 Å². The Balaban J connectivity index is 1.95. The van der Waals surface area contributed by atoms with Gasteiger partial charge in [0.05, 0.1) is 5.69 Å². The van der Waals surface area contributed by atoms with Crippen LogP contribution in [0, 0.1) is 20.8 Å². The number of anilines is 2. The van der Waals surface area contributed by atoms with Crippen molar-refractivity contribution in [3.63, 3.8) is 0 Å². The summed E-state index contributed by atoms with van der Waals surface area (Å²) in [4.78, 5) is 37.0. The zero-order valence-corrected chi connectivity index (χ0v) is 17.4. The van der Waals surface area contributed by atoms with Crippen molar-refractivity contribution in [3.8, 4) is 11.3 Å². The van der Waals surface area contributed by atoms with E-state index in [1.54, 1.807) is 0 Å². The highest BCUT2D eigenvalue weighted by molar-refractivity contribution is 5.92. The second-order valence-corrected chi connectivity index (χ2v) is 7.28. The number of rotatable bonds is 5. The second kappa shape index (κ2) is 8.73. The molecule has 2 aromatic carbocycles. The lowest BCUT2D eigenvalue weighted by Crippen LogP contribution is -2.32. The Morgan fingerprint density at radius 3 is 2.20 bits per heavy atom. The molecule has 0 unspecified atom stereocenters. The third-order valence-electron chi connectivity index (χ3n) is 4.59. The lowest BCUT2D eigenvalue weighted by Gasteiger charge is -2.14. The Morgan fingerprint density at radius 1 is 0.967 bits per heavy atom. The van der Waals surface area contributed by atoms with E-state index in [0.717, 1.165) is 32.6 Å². The number of hydrogen-bond acceptors (Lipinski definition) is 4. The van der Waals surface area contributed by atoms with Gasteiger partial charge in [-0.25, -0.2) is 4.68 Å². The van der Waals surface area contributed by atoms with Gasteiger partial charge < -0.3 is 10.6 Å². The molecule has 0 saturated carbocycles. The van der Waals surface area contributed by atoms with Crippen LogP contribution in [0.1, 0.15) is 23.6 Å². The number of nitrogens with one attached hydrogen (secondary N) is 2. The molecule has 30 heavy (non-hydrogen) atoms. The van der Waals surface area contributed by atoms with Gasteiger partial charge in [-0.15, -0.1) is 0 Å². The van der Waals surface area contributed by atoms with Gasteiger partial charge in [-0.2, -0.15) is 5.10 Å². The van der Waals surface area contributed by atoms with Crippen molar-refractivity contribution in [1.82, 2.24) is 9.78 Å². The topological polar surface area (TPSA) is 93.1 Å². The van der Waals surface area contributed by atoms with Crippen LogP contribution in [-0.4, -0.2) is 21.6 Å². The molecule has 7 heteroatoms. The van der Waals surface area contributed by atoms with E-state index in [2.05, 4.69) is 15.7 Å². The monoisotopic (exact) mass is 404 g/mol. The fraction of sp³-hybridized carbons (Fsp3) is 0.217. The summed E-state index contributed by atoms with van der Waals surface area (Å²) in [6.07, 6.45) is 0. The Kier molecular flexibility index (Phi) is 6.11. The molecule has 2 amide bonds. The molecule has 0 saturated heterocycles. The molecule has 0 fully saturated rings. The Labute approximate surface area is 174 Å². The number of aryl methyl sites for hydroxylation is 3. The molecule has 0 aliphatic rings. The maximum absolute atomic E-state index is 12.8. The minimum Gasteiger partial charge on any atom is -0.324 e. The van der Waals surface area contributed by atoms with Crippen molar-refractivity contribution >= 4 is 23.2 Å². The Morgan fingerprint density at radius 2 is 1.60 bits per heavy atom. The summed E-state index contributed by atoms with van der Waals surface area (Å²) in [7, 11) is 0. The Hall–Kier alpha value is -3.74. The first-order chi connectivity index (χ1) is 14.2. The lowest BCUT2D eigenvalue weighted by molar-refractivity contribution is -0.117. The van der Waals surface area contributed by atoms with Gasteiger partial charge in [0.2, 0.25) is 11.8 Å². The minimum absolute atomic E-state index is 0.0758. The average Bonchev–Trinajstić information content (AvgIpc) is 2.68. The molecular formula is C23H24N4O3. The summed E-state index contributed by atoms with van der Waals surface area (Å²) in [5.74, 6) is -0.752. The van der Waals surface area contributed by atoms with Crippen LogP contribution in [0.15, 0.2) is 53.3 Å². The summed E-state index contributed by atoms with van der Waals surface area (Å²) < 4.78 is 1.07. The van der Waals surface area contributed by atoms with Crippen LogP contribution in [0.3, 0.4) is 0 Å². The summed E-state index contributed by atoms with van der Waals surface area (Å²) in [6, 6.07) is 14.7. The molecule has 154 valence electrons. The standard InChI is InChI=1S/C23H24N4O3/c1-14-10-15(2)22(16(3)11-14)25-21(29)13-27-23(30)20(24-17(4)28)12-19(26-27)18-8-6-5-7-9-18/h5-12H,13H2,1-4H3,(H,24,28)(H,25,29). The van der Waals surface area contributed by atoms with Gasteiger partial charge in [0.15, 0.2) is 0 Å². The van der Waals surface area contributed by atoms with E-state index in [1.807, 2.05) is 63.2 Å². The zero-order chi connectivity index (χ0) is 21.8. The quantitative estimate of drug-likeness (QED) is 0.681. The van der Waals surface area contributed by atoms with Gasteiger partial charge >= 0.3 is 0 Å². The van der Waals surface area contributed by atoms with Gasteiger partial charge in [0, 0.05) is 18.2 Å². The molecule has 0 radical (unpaired) electrons. The van der Waals surface area contributed by atoms with E-state index in [9.17, 15) is 14.4 Å². The van der Waals surface area contributed by atoms with Crippen LogP contribution >= 0.6 is 0 Å². The summed E-state index contributed by atoms with van der Waals surface area (Å²) in [6.45, 7) is 6.88. The summed E-state index contributed by atoms with van der Waals surface area (Å²) >= 11 is 0. The third kappa shape index (κ3) is 4.81. The molecule has 7 nitrogen and oxygen atoms in total. The summed E-state index contributed by atoms with van der Waals surface area (Å²) in [5, 5.41) is 9.75. The van der Waals surface area contributed by atoms with Crippen molar-refractivity contribution in [2.45, 2.75) is 34.2 Å². The number of aromatic nitrogens is 2. The first kappa shape index (κ1) is 21.0. The molecule has 3 rings (SSSR count). The fourth-order valence-corrected chi connectivity index (χ4v) is 3.37. The zero-order valence-electron chi connectivity index (χ0n) is 17.4. The molecular weight excluding hydrogens is 380 g/mol. The smallest absolute Gasteiger partial charge is 0.291 e. The van der Waals surface area contributed by atoms with Gasteiger partial charge in [-0.05, 0) is 38.0 Å². The van der Waals surface area contributed by atoms with Gasteiger partial charge in [-0.1, -0.05) is 48.0 Å². The molecule has 2 N–H and O–H groups in total. The Bertz CT molecular complexity index is 1140. The predicted octanol–water partition coefficient (Wildman–Crippen LogP) is 3.43. The van der Waals surface area contributed by atoms with Crippen molar-refractivity contribution < 1.29 is 9.59 Å². The molecule has 0 spiro atoms. The van der Waals surface area contributed by atoms with Crippen molar-refractivity contribution in [2.24, 2.45) is 0 Å². The minimum atomic E-state index is -0.544. The number of benzene rings is 2. The number of carbonyl (C=O) groups is 2. The van der Waals surface area contributed by atoms with E-state index >= 15 is 0 Å². The lowest BCUT2D eigenvalue weighted by atomic mass is 10.1. The van der Waals surface area contributed by atoms with Crippen LogP contribution in [0.4, 0.5) is 11.4 Å². The van der Waals surface area contributed by atoms with E-state index in [-0.39, 0.29) is 24.0 Å². The summed E-state index contributed by atoms with van der Waals surface area (Å²) in [5.41, 5.74) is 4.50. The van der Waals surface area contributed by atoms with E-state index in [0.29, 0.717) is 5.69 Å². The van der Waals surface area contributed by atoms with Gasteiger partial charge in [-0.3, -0.25) is 14.4 Å². The molecule has 1 heterocycles. The number of amides is 2. The molecule has 0 atom stereocenters. The van der Waals surface area contributed by atoms with E-state index in [4.69, 9.17) is 0 Å². The maximum atomic E-state index is 12.8.